The van der Waals surface area contributed by atoms with Crippen LogP contribution in [0.3, 0.4) is 0 Å². The van der Waals surface area contributed by atoms with Crippen molar-refractivity contribution >= 4 is 5.91 Å². The molecule has 1 aliphatic rings. The third-order valence-electron chi connectivity index (χ3n) is 2.93. The number of carbonyl (C=O) groups is 1. The zero-order chi connectivity index (χ0) is 12.6. The van der Waals surface area contributed by atoms with E-state index in [4.69, 9.17) is 0 Å². The van der Waals surface area contributed by atoms with E-state index in [1.54, 1.807) is 4.90 Å². The second kappa shape index (κ2) is 4.12. The van der Waals surface area contributed by atoms with E-state index in [-0.39, 0.29) is 17.8 Å². The van der Waals surface area contributed by atoms with E-state index in [0.717, 1.165) is 6.42 Å². The molecule has 2 heterocycles. The van der Waals surface area contributed by atoms with Gasteiger partial charge in [0.2, 0.25) is 5.43 Å². The van der Waals surface area contributed by atoms with Gasteiger partial charge >= 0.3 is 0 Å². The predicted molar refractivity (Wildman–Crippen MR) is 62.5 cm³/mol. The van der Waals surface area contributed by atoms with Crippen LogP contribution in [0.25, 0.3) is 0 Å². The zero-order valence-electron chi connectivity index (χ0n) is 9.80. The Kier molecular flexibility index (Phi) is 2.79. The summed E-state index contributed by atoms with van der Waals surface area (Å²) in [6.45, 7) is 4.34. The third-order valence-corrected chi connectivity index (χ3v) is 2.93. The van der Waals surface area contributed by atoms with E-state index < -0.39 is 11.2 Å². The number of carbonyl (C=O) groups excluding carboxylic acids is 1. The summed E-state index contributed by atoms with van der Waals surface area (Å²) >= 11 is 0. The summed E-state index contributed by atoms with van der Waals surface area (Å²) in [5.41, 5.74) is 2.53. The van der Waals surface area contributed by atoms with Gasteiger partial charge in [-0.3, -0.25) is 14.3 Å². The average Bonchev–Trinajstić information content (AvgIpc) is 2.33. The molecule has 1 aliphatic heterocycles. The van der Waals surface area contributed by atoms with Crippen LogP contribution >= 0.6 is 0 Å². The minimum atomic E-state index is -0.544. The molecule has 1 aromatic heterocycles. The number of amides is 1. The van der Waals surface area contributed by atoms with Crippen LogP contribution in [-0.2, 0) is 0 Å². The standard InChI is InChI=1S/C11H15N3O3/c1-3-8-12-14-6-5-7(15)10(16)9(14)11(17)13(8)4-2/h5-6,8,12,16H,3-4H2,1-2H3/t8-/m0/s1. The zero-order valence-corrected chi connectivity index (χ0v) is 9.80. The number of nitrogens with one attached hydrogen (secondary N) is 1. The Bertz CT molecular complexity index is 509. The summed E-state index contributed by atoms with van der Waals surface area (Å²) in [6.07, 6.45) is 2.08. The summed E-state index contributed by atoms with van der Waals surface area (Å²) in [6, 6.07) is 1.23. The number of hydrogen-bond donors (Lipinski definition) is 2. The number of rotatable bonds is 2. The molecule has 2 rings (SSSR count). The number of nitrogens with zero attached hydrogens (tertiary/aromatic N) is 2. The van der Waals surface area contributed by atoms with Crippen LogP contribution < -0.4 is 10.9 Å². The van der Waals surface area contributed by atoms with Crippen molar-refractivity contribution in [3.8, 4) is 5.75 Å². The Morgan fingerprint density at radius 2 is 2.12 bits per heavy atom. The number of pyridine rings is 1. The Hall–Kier alpha value is -1.98. The summed E-state index contributed by atoms with van der Waals surface area (Å²) in [7, 11) is 0. The van der Waals surface area contributed by atoms with Crippen molar-refractivity contribution in [2.45, 2.75) is 26.4 Å². The van der Waals surface area contributed by atoms with Crippen molar-refractivity contribution in [3.05, 3.63) is 28.2 Å². The fourth-order valence-electron chi connectivity index (χ4n) is 2.02. The molecule has 17 heavy (non-hydrogen) atoms. The fraction of sp³-hybridized carbons (Fsp3) is 0.455. The summed E-state index contributed by atoms with van der Waals surface area (Å²) in [5.74, 6) is -0.827. The molecule has 1 amide bonds. The molecular formula is C11H15N3O3. The molecule has 0 radical (unpaired) electrons. The first-order chi connectivity index (χ1) is 8.10. The minimum absolute atomic E-state index is 0.00375. The van der Waals surface area contributed by atoms with Gasteiger partial charge in [0.1, 0.15) is 6.17 Å². The Morgan fingerprint density at radius 1 is 1.41 bits per heavy atom. The third kappa shape index (κ3) is 1.65. The molecule has 0 spiro atoms. The molecule has 1 atom stereocenters. The second-order valence-corrected chi connectivity index (χ2v) is 3.89. The van der Waals surface area contributed by atoms with Gasteiger partial charge in [0.15, 0.2) is 11.4 Å². The van der Waals surface area contributed by atoms with E-state index in [0.29, 0.717) is 6.54 Å². The van der Waals surface area contributed by atoms with Gasteiger partial charge in [0.25, 0.3) is 5.91 Å². The maximum Gasteiger partial charge on any atom is 0.278 e. The van der Waals surface area contributed by atoms with Crippen LogP contribution in [0.2, 0.25) is 0 Å². The van der Waals surface area contributed by atoms with Gasteiger partial charge in [-0.25, -0.2) is 0 Å². The molecule has 0 bridgehead atoms. The summed E-state index contributed by atoms with van der Waals surface area (Å²) in [5, 5.41) is 9.67. The van der Waals surface area contributed by atoms with Gasteiger partial charge in [0, 0.05) is 18.8 Å². The average molecular weight is 237 g/mol. The topological polar surface area (TPSA) is 74.6 Å². The molecule has 0 aliphatic carbocycles. The van der Waals surface area contributed by atoms with Crippen LogP contribution in [0.1, 0.15) is 30.8 Å². The lowest BCUT2D eigenvalue weighted by atomic mass is 10.2. The maximum absolute atomic E-state index is 12.2. The van der Waals surface area contributed by atoms with Crippen LogP contribution in [0.5, 0.6) is 5.75 Å². The molecule has 6 nitrogen and oxygen atoms in total. The monoisotopic (exact) mass is 237 g/mol. The molecule has 1 aromatic rings. The first-order valence-electron chi connectivity index (χ1n) is 5.62. The van der Waals surface area contributed by atoms with Crippen molar-refractivity contribution in [2.75, 3.05) is 12.0 Å². The van der Waals surface area contributed by atoms with Crippen molar-refractivity contribution in [2.24, 2.45) is 0 Å². The van der Waals surface area contributed by atoms with Crippen LogP contribution in [0, 0.1) is 0 Å². The van der Waals surface area contributed by atoms with E-state index in [1.165, 1.54) is 16.9 Å². The van der Waals surface area contributed by atoms with E-state index in [2.05, 4.69) is 5.43 Å². The summed E-state index contributed by atoms with van der Waals surface area (Å²) < 4.78 is 1.42. The number of aromatic hydroxyl groups is 1. The predicted octanol–water partition coefficient (Wildman–Crippen LogP) is 0.309. The van der Waals surface area contributed by atoms with Crippen LogP contribution in [-0.4, -0.2) is 33.3 Å². The molecular weight excluding hydrogens is 222 g/mol. The Morgan fingerprint density at radius 3 is 2.71 bits per heavy atom. The SMILES string of the molecule is CC[C@H]1Nn2ccc(=O)c(O)c2C(=O)N1CC. The minimum Gasteiger partial charge on any atom is -0.502 e. The fourth-order valence-corrected chi connectivity index (χ4v) is 2.02. The highest BCUT2D eigenvalue weighted by Gasteiger charge is 2.32. The van der Waals surface area contributed by atoms with Crippen LogP contribution in [0.15, 0.2) is 17.1 Å². The smallest absolute Gasteiger partial charge is 0.278 e. The highest BCUT2D eigenvalue weighted by atomic mass is 16.3. The van der Waals surface area contributed by atoms with Crippen LogP contribution in [0.4, 0.5) is 0 Å². The quantitative estimate of drug-likeness (QED) is 0.776. The molecule has 0 aromatic carbocycles. The normalized spacial score (nSPS) is 18.8. The number of aromatic nitrogens is 1. The Balaban J connectivity index is 2.57. The first-order valence-corrected chi connectivity index (χ1v) is 5.62. The van der Waals surface area contributed by atoms with Crippen molar-refractivity contribution in [1.82, 2.24) is 9.58 Å². The molecule has 0 fully saturated rings. The molecule has 0 unspecified atom stereocenters. The maximum atomic E-state index is 12.2. The number of fused-ring (bicyclic) bond motifs is 1. The second-order valence-electron chi connectivity index (χ2n) is 3.89. The van der Waals surface area contributed by atoms with Crippen molar-refractivity contribution in [1.29, 1.82) is 0 Å². The highest BCUT2D eigenvalue weighted by Crippen LogP contribution is 2.20. The van der Waals surface area contributed by atoms with Crippen molar-refractivity contribution in [3.63, 3.8) is 0 Å². The lowest BCUT2D eigenvalue weighted by Gasteiger charge is -2.37. The van der Waals surface area contributed by atoms with Gasteiger partial charge in [0.05, 0.1) is 0 Å². The highest BCUT2D eigenvalue weighted by molar-refractivity contribution is 5.96. The first kappa shape index (κ1) is 11.5. The van der Waals surface area contributed by atoms with Crippen molar-refractivity contribution < 1.29 is 9.90 Å². The van der Waals surface area contributed by atoms with E-state index in [1.807, 2.05) is 13.8 Å². The van der Waals surface area contributed by atoms with Gasteiger partial charge in [-0.1, -0.05) is 6.92 Å². The van der Waals surface area contributed by atoms with Gasteiger partial charge < -0.3 is 15.4 Å². The van der Waals surface area contributed by atoms with E-state index in [9.17, 15) is 14.7 Å². The Labute approximate surface area is 98.4 Å². The lowest BCUT2D eigenvalue weighted by Crippen LogP contribution is -2.53. The van der Waals surface area contributed by atoms with E-state index >= 15 is 0 Å². The molecule has 2 N–H and O–H groups in total. The van der Waals surface area contributed by atoms with Gasteiger partial charge in [-0.2, -0.15) is 0 Å². The molecule has 0 saturated carbocycles. The van der Waals surface area contributed by atoms with Gasteiger partial charge in [-0.05, 0) is 13.3 Å². The summed E-state index contributed by atoms with van der Waals surface area (Å²) in [4.78, 5) is 25.1. The molecule has 0 saturated heterocycles. The number of hydrogen-bond acceptors (Lipinski definition) is 4. The lowest BCUT2D eigenvalue weighted by molar-refractivity contribution is 0.0642. The largest absolute Gasteiger partial charge is 0.502 e. The molecule has 92 valence electrons. The van der Waals surface area contributed by atoms with Gasteiger partial charge in [-0.15, -0.1) is 0 Å². The molecule has 6 heteroatoms.